The molecule has 10 nitrogen and oxygen atoms in total. The number of nitrogens with zero attached hydrogens (tertiary/aromatic N) is 5. The molecule has 0 radical (unpaired) electrons. The first-order valence-corrected chi connectivity index (χ1v) is 11.7. The van der Waals surface area contributed by atoms with Crippen molar-refractivity contribution < 1.29 is 9.53 Å². The molecule has 1 saturated heterocycles. The highest BCUT2D eigenvalue weighted by Crippen LogP contribution is 2.35. The lowest BCUT2D eigenvalue weighted by Gasteiger charge is -2.32. The lowest BCUT2D eigenvalue weighted by molar-refractivity contribution is -0.129. The molecule has 3 N–H and O–H groups in total. The summed E-state index contributed by atoms with van der Waals surface area (Å²) in [5.41, 5.74) is 3.30. The number of hydrogen-bond acceptors (Lipinski definition) is 8. The van der Waals surface area contributed by atoms with Crippen molar-refractivity contribution in [3.63, 3.8) is 0 Å². The maximum atomic E-state index is 11.8. The zero-order valence-electron chi connectivity index (χ0n) is 20.3. The van der Waals surface area contributed by atoms with Crippen LogP contribution in [0.1, 0.15) is 48.2 Å². The summed E-state index contributed by atoms with van der Waals surface area (Å²) in [7, 11) is 0. The molecule has 0 unspecified atom stereocenters. The molecule has 3 aromatic heterocycles. The molecule has 0 aromatic carbocycles. The van der Waals surface area contributed by atoms with Gasteiger partial charge in [0.15, 0.2) is 5.82 Å². The topological polar surface area (TPSA) is 132 Å². The Hall–Kier alpha value is -4.13. The molecule has 1 amide bonds. The van der Waals surface area contributed by atoms with Gasteiger partial charge >= 0.3 is 0 Å². The van der Waals surface area contributed by atoms with Gasteiger partial charge in [-0.15, -0.1) is 0 Å². The molecule has 0 spiro atoms. The SMILES string of the molecule is CC(=O)N1CCC(c2cc(Nc3cc(C)[nH]n3)nc(NCCOc3ccc(C)nc3)c2C#N)CC1. The first-order valence-electron chi connectivity index (χ1n) is 11.7. The maximum Gasteiger partial charge on any atom is 0.219 e. The number of carbonyl (C=O) groups excluding carboxylic acids is 1. The number of anilines is 3. The van der Waals surface area contributed by atoms with E-state index in [1.807, 2.05) is 43.0 Å². The second-order valence-corrected chi connectivity index (χ2v) is 8.68. The van der Waals surface area contributed by atoms with Crippen molar-refractivity contribution in [1.29, 1.82) is 5.26 Å². The summed E-state index contributed by atoms with van der Waals surface area (Å²) in [5.74, 6) is 2.68. The Labute approximate surface area is 204 Å². The third-order valence-electron chi connectivity index (χ3n) is 6.05. The fourth-order valence-corrected chi connectivity index (χ4v) is 4.19. The van der Waals surface area contributed by atoms with Crippen LogP contribution >= 0.6 is 0 Å². The molecule has 1 aliphatic rings. The van der Waals surface area contributed by atoms with Gasteiger partial charge < -0.3 is 20.3 Å². The molecular weight excluding hydrogens is 444 g/mol. The Morgan fingerprint density at radius 2 is 2.06 bits per heavy atom. The molecule has 0 bridgehead atoms. The molecule has 4 rings (SSSR count). The number of aromatic amines is 1. The van der Waals surface area contributed by atoms with Crippen LogP contribution in [0.5, 0.6) is 5.75 Å². The van der Waals surface area contributed by atoms with Crippen molar-refractivity contribution in [1.82, 2.24) is 25.1 Å². The van der Waals surface area contributed by atoms with E-state index in [1.165, 1.54) is 0 Å². The lowest BCUT2D eigenvalue weighted by Crippen LogP contribution is -2.36. The number of nitrogens with one attached hydrogen (secondary N) is 3. The van der Waals surface area contributed by atoms with Crippen LogP contribution in [0.25, 0.3) is 0 Å². The van der Waals surface area contributed by atoms with Crippen LogP contribution in [0.3, 0.4) is 0 Å². The highest BCUT2D eigenvalue weighted by atomic mass is 16.5. The number of aromatic nitrogens is 4. The zero-order chi connectivity index (χ0) is 24.8. The average molecular weight is 475 g/mol. The van der Waals surface area contributed by atoms with E-state index < -0.39 is 0 Å². The summed E-state index contributed by atoms with van der Waals surface area (Å²) in [5, 5.41) is 23.7. The van der Waals surface area contributed by atoms with E-state index in [9.17, 15) is 10.1 Å². The number of ether oxygens (including phenoxy) is 1. The van der Waals surface area contributed by atoms with Crippen molar-refractivity contribution in [3.8, 4) is 11.8 Å². The largest absolute Gasteiger partial charge is 0.490 e. The Morgan fingerprint density at radius 1 is 1.26 bits per heavy atom. The van der Waals surface area contributed by atoms with Crippen molar-refractivity contribution in [2.24, 2.45) is 0 Å². The van der Waals surface area contributed by atoms with Crippen molar-refractivity contribution in [2.45, 2.75) is 39.5 Å². The molecule has 10 heteroatoms. The van der Waals surface area contributed by atoms with Gasteiger partial charge in [-0.25, -0.2) is 4.98 Å². The standard InChI is InChI=1S/C25H30N8O2/c1-16-4-5-20(15-28-16)35-11-8-27-25-22(14-26)21(19-6-9-33(10-7-19)18(3)34)13-23(30-25)29-24-12-17(2)31-32-24/h4-5,12-13,15,19H,6-11H2,1-3H3,(H3,27,29,30,31,32). The van der Waals surface area contributed by atoms with E-state index in [4.69, 9.17) is 4.74 Å². The van der Waals surface area contributed by atoms with Gasteiger partial charge in [0.1, 0.15) is 30.1 Å². The van der Waals surface area contributed by atoms with Gasteiger partial charge in [-0.05, 0) is 56.4 Å². The molecular formula is C25H30N8O2. The third-order valence-corrected chi connectivity index (χ3v) is 6.05. The van der Waals surface area contributed by atoms with E-state index in [0.717, 1.165) is 29.8 Å². The van der Waals surface area contributed by atoms with Crippen LogP contribution in [-0.2, 0) is 4.79 Å². The third kappa shape index (κ3) is 6.06. The molecule has 35 heavy (non-hydrogen) atoms. The Balaban J connectivity index is 1.54. The number of pyridine rings is 2. The monoisotopic (exact) mass is 474 g/mol. The average Bonchev–Trinajstić information content (AvgIpc) is 3.27. The van der Waals surface area contributed by atoms with Gasteiger partial charge in [0, 0.05) is 37.5 Å². The lowest BCUT2D eigenvalue weighted by atomic mass is 9.87. The highest BCUT2D eigenvalue weighted by Gasteiger charge is 2.26. The van der Waals surface area contributed by atoms with Crippen LogP contribution in [0.4, 0.5) is 17.5 Å². The smallest absolute Gasteiger partial charge is 0.219 e. The molecule has 4 heterocycles. The second kappa shape index (κ2) is 10.9. The molecule has 1 fully saturated rings. The number of H-pyrrole nitrogens is 1. The van der Waals surface area contributed by atoms with E-state index in [1.54, 1.807) is 13.1 Å². The summed E-state index contributed by atoms with van der Waals surface area (Å²) >= 11 is 0. The number of likely N-dealkylation sites (tertiary alicyclic amines) is 1. The Kier molecular flexibility index (Phi) is 7.45. The van der Waals surface area contributed by atoms with Gasteiger partial charge in [-0.3, -0.25) is 14.9 Å². The minimum atomic E-state index is 0.0843. The summed E-state index contributed by atoms with van der Waals surface area (Å²) in [6.07, 6.45) is 3.28. The number of aryl methyl sites for hydroxylation is 2. The first kappa shape index (κ1) is 24.0. The number of rotatable bonds is 8. The predicted molar refractivity (Wildman–Crippen MR) is 133 cm³/mol. The minimum absolute atomic E-state index is 0.0843. The fraction of sp³-hybridized carbons (Fsp3) is 0.400. The zero-order valence-corrected chi connectivity index (χ0v) is 20.3. The fourth-order valence-electron chi connectivity index (χ4n) is 4.19. The normalized spacial score (nSPS) is 13.8. The highest BCUT2D eigenvalue weighted by molar-refractivity contribution is 5.73. The van der Waals surface area contributed by atoms with E-state index in [-0.39, 0.29) is 11.8 Å². The van der Waals surface area contributed by atoms with Crippen LogP contribution in [0.2, 0.25) is 0 Å². The number of nitriles is 1. The summed E-state index contributed by atoms with van der Waals surface area (Å²) in [4.78, 5) is 22.5. The quantitative estimate of drug-likeness (QED) is 0.422. The Morgan fingerprint density at radius 3 is 2.69 bits per heavy atom. The molecule has 3 aromatic rings. The Bertz CT molecular complexity index is 1210. The van der Waals surface area contributed by atoms with Crippen molar-refractivity contribution in [3.05, 3.63) is 53.0 Å². The summed E-state index contributed by atoms with van der Waals surface area (Å²) in [6.45, 7) is 7.65. The van der Waals surface area contributed by atoms with Gasteiger partial charge in [0.05, 0.1) is 18.3 Å². The van der Waals surface area contributed by atoms with E-state index >= 15 is 0 Å². The first-order chi connectivity index (χ1) is 16.9. The van der Waals surface area contributed by atoms with Crippen LogP contribution < -0.4 is 15.4 Å². The minimum Gasteiger partial charge on any atom is -0.490 e. The molecule has 182 valence electrons. The van der Waals surface area contributed by atoms with E-state index in [0.29, 0.717) is 55.0 Å². The van der Waals surface area contributed by atoms with Crippen LogP contribution in [0.15, 0.2) is 30.5 Å². The summed E-state index contributed by atoms with van der Waals surface area (Å²) < 4.78 is 5.76. The van der Waals surface area contributed by atoms with Gasteiger partial charge in [0.2, 0.25) is 5.91 Å². The summed E-state index contributed by atoms with van der Waals surface area (Å²) in [6, 6.07) is 9.94. The van der Waals surface area contributed by atoms with Gasteiger partial charge in [-0.1, -0.05) is 0 Å². The van der Waals surface area contributed by atoms with Crippen molar-refractivity contribution in [2.75, 3.05) is 36.9 Å². The molecule has 0 atom stereocenters. The molecule has 0 saturated carbocycles. The number of amides is 1. The maximum absolute atomic E-state index is 11.8. The second-order valence-electron chi connectivity index (χ2n) is 8.68. The molecule has 0 aliphatic carbocycles. The molecule has 1 aliphatic heterocycles. The van der Waals surface area contributed by atoms with Crippen LogP contribution in [-0.4, -0.2) is 57.2 Å². The van der Waals surface area contributed by atoms with Gasteiger partial charge in [-0.2, -0.15) is 10.4 Å². The van der Waals surface area contributed by atoms with Gasteiger partial charge in [0.25, 0.3) is 0 Å². The number of hydrogen-bond donors (Lipinski definition) is 3. The number of carbonyl (C=O) groups is 1. The van der Waals surface area contributed by atoms with Crippen molar-refractivity contribution >= 4 is 23.4 Å². The van der Waals surface area contributed by atoms with E-state index in [2.05, 4.69) is 36.9 Å². The predicted octanol–water partition coefficient (Wildman–Crippen LogP) is 3.65. The van der Waals surface area contributed by atoms with Crippen LogP contribution in [0, 0.1) is 25.2 Å². The number of piperidine rings is 1.